The van der Waals surface area contributed by atoms with Gasteiger partial charge in [0.05, 0.1) is 0 Å². The van der Waals surface area contributed by atoms with Crippen molar-refractivity contribution in [2.75, 3.05) is 7.05 Å². The molecule has 1 N–H and O–H groups in total. The van der Waals surface area contributed by atoms with Crippen molar-refractivity contribution in [2.45, 2.75) is 0 Å². The van der Waals surface area contributed by atoms with Crippen LogP contribution in [0.2, 0.25) is 0 Å². The van der Waals surface area contributed by atoms with Crippen LogP contribution < -0.4 is 5.32 Å². The molecule has 0 unspecified atom stereocenters. The maximum Gasteiger partial charge on any atom is 0.276 e. The molecule has 1 aliphatic heterocycles. The van der Waals surface area contributed by atoms with Crippen LogP contribution in [0.5, 0.6) is 0 Å². The molecule has 1 amide bonds. The molecular formula is C9H8N2OS2. The molecule has 1 fully saturated rings. The van der Waals surface area contributed by atoms with Gasteiger partial charge < -0.3 is 5.32 Å². The highest BCUT2D eigenvalue weighted by Gasteiger charge is 2.26. The summed E-state index contributed by atoms with van der Waals surface area (Å²) in [6.45, 7) is 0. The Hall–Kier alpha value is -1.20. The van der Waals surface area contributed by atoms with Gasteiger partial charge in [-0.3, -0.25) is 9.69 Å². The molecule has 0 radical (unpaired) electrons. The average molecular weight is 224 g/mol. The Bertz CT molecular complexity index is 408. The van der Waals surface area contributed by atoms with Crippen LogP contribution in [0.4, 0.5) is 0 Å². The molecule has 72 valence electrons. The maximum atomic E-state index is 11.6. The van der Waals surface area contributed by atoms with Crippen LogP contribution in [0.1, 0.15) is 4.88 Å². The van der Waals surface area contributed by atoms with Crippen LogP contribution in [0.25, 0.3) is 6.08 Å². The number of thiophene rings is 1. The van der Waals surface area contributed by atoms with Crippen molar-refractivity contribution < 1.29 is 4.79 Å². The number of carbonyl (C=O) groups excluding carboxylic acids is 1. The van der Waals surface area contributed by atoms with Gasteiger partial charge in [0.2, 0.25) is 0 Å². The van der Waals surface area contributed by atoms with Gasteiger partial charge in [0.1, 0.15) is 5.70 Å². The van der Waals surface area contributed by atoms with Crippen molar-refractivity contribution in [3.8, 4) is 0 Å². The molecule has 0 aliphatic carbocycles. The molecule has 2 heterocycles. The van der Waals surface area contributed by atoms with E-state index in [1.54, 1.807) is 18.4 Å². The van der Waals surface area contributed by atoms with Crippen molar-refractivity contribution in [2.24, 2.45) is 0 Å². The van der Waals surface area contributed by atoms with Crippen LogP contribution in [-0.4, -0.2) is 23.0 Å². The van der Waals surface area contributed by atoms with Crippen LogP contribution in [0, 0.1) is 0 Å². The third-order valence-corrected chi connectivity index (χ3v) is 3.11. The fourth-order valence-electron chi connectivity index (χ4n) is 1.14. The quantitative estimate of drug-likeness (QED) is 0.578. The molecule has 1 aliphatic rings. The van der Waals surface area contributed by atoms with E-state index in [2.05, 4.69) is 5.32 Å². The molecule has 0 aromatic carbocycles. The minimum Gasteiger partial charge on any atom is -0.328 e. The van der Waals surface area contributed by atoms with E-state index in [9.17, 15) is 4.79 Å². The molecule has 5 heteroatoms. The summed E-state index contributed by atoms with van der Waals surface area (Å²) in [4.78, 5) is 14.0. The van der Waals surface area contributed by atoms with E-state index in [-0.39, 0.29) is 5.91 Å². The second-order valence-corrected chi connectivity index (χ2v) is 4.23. The number of amides is 1. The van der Waals surface area contributed by atoms with E-state index >= 15 is 0 Å². The van der Waals surface area contributed by atoms with E-state index in [1.165, 1.54) is 4.90 Å². The maximum absolute atomic E-state index is 11.6. The molecule has 1 aromatic heterocycles. The number of hydrogen-bond donors (Lipinski definition) is 1. The number of hydrogen-bond acceptors (Lipinski definition) is 3. The molecule has 14 heavy (non-hydrogen) atoms. The Morgan fingerprint density at radius 3 is 2.93 bits per heavy atom. The number of thiocarbonyl (C=S) groups is 1. The number of rotatable bonds is 1. The lowest BCUT2D eigenvalue weighted by molar-refractivity contribution is -0.121. The lowest BCUT2D eigenvalue weighted by Crippen LogP contribution is -2.25. The van der Waals surface area contributed by atoms with Gasteiger partial charge in [-0.25, -0.2) is 0 Å². The summed E-state index contributed by atoms with van der Waals surface area (Å²) < 4.78 is 0. The van der Waals surface area contributed by atoms with E-state index in [4.69, 9.17) is 12.2 Å². The zero-order valence-corrected chi connectivity index (χ0v) is 9.11. The Morgan fingerprint density at radius 1 is 1.64 bits per heavy atom. The molecule has 0 bridgehead atoms. The molecular weight excluding hydrogens is 216 g/mol. The standard InChI is InChI=1S/C9H8N2OS2/c1-11-8(12)7(10-9(11)13)5-6-3-2-4-14-6/h2-5H,1H3,(H,10,13)/b7-5+. The molecule has 0 saturated carbocycles. The van der Waals surface area contributed by atoms with Gasteiger partial charge in [-0.15, -0.1) is 11.3 Å². The Kier molecular flexibility index (Phi) is 2.35. The molecule has 0 atom stereocenters. The Labute approximate surface area is 91.0 Å². The molecule has 0 spiro atoms. The fraction of sp³-hybridized carbons (Fsp3) is 0.111. The average Bonchev–Trinajstić information content (AvgIpc) is 2.73. The van der Waals surface area contributed by atoms with Gasteiger partial charge in [0.25, 0.3) is 5.91 Å². The first-order chi connectivity index (χ1) is 6.68. The summed E-state index contributed by atoms with van der Waals surface area (Å²) in [6.07, 6.45) is 1.81. The first kappa shape index (κ1) is 9.36. The molecule has 2 rings (SSSR count). The van der Waals surface area contributed by atoms with Crippen molar-refractivity contribution >= 4 is 40.7 Å². The summed E-state index contributed by atoms with van der Waals surface area (Å²) in [6, 6.07) is 3.90. The van der Waals surface area contributed by atoms with Crippen molar-refractivity contribution in [1.29, 1.82) is 0 Å². The lowest BCUT2D eigenvalue weighted by atomic mass is 10.3. The molecule has 3 nitrogen and oxygen atoms in total. The largest absolute Gasteiger partial charge is 0.328 e. The van der Waals surface area contributed by atoms with Gasteiger partial charge in [-0.05, 0) is 29.7 Å². The van der Waals surface area contributed by atoms with Crippen LogP contribution in [0.3, 0.4) is 0 Å². The van der Waals surface area contributed by atoms with Gasteiger partial charge in [-0.1, -0.05) is 6.07 Å². The van der Waals surface area contributed by atoms with E-state index < -0.39 is 0 Å². The first-order valence-corrected chi connectivity index (χ1v) is 5.31. The van der Waals surface area contributed by atoms with Crippen molar-refractivity contribution in [3.05, 3.63) is 28.1 Å². The molecule has 1 aromatic rings. The van der Waals surface area contributed by atoms with Gasteiger partial charge >= 0.3 is 0 Å². The van der Waals surface area contributed by atoms with E-state index in [0.29, 0.717) is 10.8 Å². The van der Waals surface area contributed by atoms with Gasteiger partial charge in [-0.2, -0.15) is 0 Å². The van der Waals surface area contributed by atoms with Crippen LogP contribution in [0.15, 0.2) is 23.2 Å². The van der Waals surface area contributed by atoms with Crippen molar-refractivity contribution in [3.63, 3.8) is 0 Å². The minimum absolute atomic E-state index is 0.0802. The van der Waals surface area contributed by atoms with Crippen molar-refractivity contribution in [1.82, 2.24) is 10.2 Å². The van der Waals surface area contributed by atoms with Crippen LogP contribution in [-0.2, 0) is 4.79 Å². The summed E-state index contributed by atoms with van der Waals surface area (Å²) in [5.41, 5.74) is 0.542. The zero-order chi connectivity index (χ0) is 10.1. The number of carbonyl (C=O) groups is 1. The highest BCUT2D eigenvalue weighted by atomic mass is 32.1. The topological polar surface area (TPSA) is 32.3 Å². The van der Waals surface area contributed by atoms with Crippen LogP contribution >= 0.6 is 23.6 Å². The fourth-order valence-corrected chi connectivity index (χ4v) is 1.99. The number of nitrogens with zero attached hydrogens (tertiary/aromatic N) is 1. The highest BCUT2D eigenvalue weighted by Crippen LogP contribution is 2.16. The molecule has 1 saturated heterocycles. The van der Waals surface area contributed by atoms with Gasteiger partial charge in [0, 0.05) is 11.9 Å². The highest BCUT2D eigenvalue weighted by molar-refractivity contribution is 7.80. The normalized spacial score (nSPS) is 19.2. The smallest absolute Gasteiger partial charge is 0.276 e. The summed E-state index contributed by atoms with van der Waals surface area (Å²) in [7, 11) is 1.66. The summed E-state index contributed by atoms with van der Waals surface area (Å²) in [5, 5.41) is 5.29. The summed E-state index contributed by atoms with van der Waals surface area (Å²) >= 11 is 6.53. The third kappa shape index (κ3) is 1.56. The monoisotopic (exact) mass is 224 g/mol. The predicted molar refractivity (Wildman–Crippen MR) is 60.8 cm³/mol. The van der Waals surface area contributed by atoms with E-state index in [0.717, 1.165) is 4.88 Å². The lowest BCUT2D eigenvalue weighted by Gasteiger charge is -2.02. The van der Waals surface area contributed by atoms with E-state index in [1.807, 2.05) is 23.6 Å². The second kappa shape index (κ2) is 3.51. The minimum atomic E-state index is -0.0802. The third-order valence-electron chi connectivity index (χ3n) is 1.91. The second-order valence-electron chi connectivity index (χ2n) is 2.87. The van der Waals surface area contributed by atoms with Gasteiger partial charge in [0.15, 0.2) is 5.11 Å². The summed E-state index contributed by atoms with van der Waals surface area (Å²) in [5.74, 6) is -0.0802. The Balaban J connectivity index is 2.29. The zero-order valence-electron chi connectivity index (χ0n) is 7.48. The Morgan fingerprint density at radius 2 is 2.43 bits per heavy atom. The number of nitrogens with one attached hydrogen (secondary N) is 1. The SMILES string of the molecule is CN1C(=O)/C(=C\c2cccs2)NC1=S. The number of likely N-dealkylation sites (N-methyl/N-ethyl adjacent to an activating group) is 1. The predicted octanol–water partition coefficient (Wildman–Crippen LogP) is 1.44. The first-order valence-electron chi connectivity index (χ1n) is 4.03.